The van der Waals surface area contributed by atoms with Crippen LogP contribution >= 0.6 is 0 Å². The number of nitrogens with zero attached hydrogens (tertiary/aromatic N) is 1. The predicted molar refractivity (Wildman–Crippen MR) is 233 cm³/mol. The Bertz CT molecular complexity index is 1280. The van der Waals surface area contributed by atoms with Crippen molar-refractivity contribution < 1.29 is 38.2 Å². The quantitative estimate of drug-likeness (QED) is 0.0296. The van der Waals surface area contributed by atoms with Crippen LogP contribution in [0.5, 0.6) is 0 Å². The summed E-state index contributed by atoms with van der Waals surface area (Å²) in [5, 5.41) is 9.60. The monoisotopic (exact) mass is 779 g/mol. The molecule has 0 heterocycles. The van der Waals surface area contributed by atoms with Crippen LogP contribution in [-0.2, 0) is 28.6 Å². The molecule has 0 saturated carbocycles. The Kier molecular flexibility index (Phi) is 35.2. The van der Waals surface area contributed by atoms with Crippen LogP contribution in [-0.4, -0.2) is 80.6 Å². The van der Waals surface area contributed by atoms with E-state index >= 15 is 0 Å². The number of carbonyl (C=O) groups excluding carboxylic acids is 2. The number of quaternary nitrogens is 1. The van der Waals surface area contributed by atoms with E-state index in [9.17, 15) is 19.5 Å². The first kappa shape index (κ1) is 52.0. The number of hydrogen-bond donors (Lipinski definition) is 1. The highest BCUT2D eigenvalue weighted by atomic mass is 16.6. The van der Waals surface area contributed by atoms with Crippen molar-refractivity contribution in [1.82, 2.24) is 0 Å². The lowest BCUT2D eigenvalue weighted by Gasteiger charge is -2.31. The summed E-state index contributed by atoms with van der Waals surface area (Å²) in [4.78, 5) is 36.9. The van der Waals surface area contributed by atoms with E-state index in [0.29, 0.717) is 19.3 Å². The van der Waals surface area contributed by atoms with E-state index in [-0.39, 0.29) is 49.1 Å². The summed E-state index contributed by atoms with van der Waals surface area (Å²) in [6.45, 7) is 4.36. The summed E-state index contributed by atoms with van der Waals surface area (Å²) < 4.78 is 17.1. The number of allylic oxidation sites excluding steroid dienone is 18. The van der Waals surface area contributed by atoms with Crippen LogP contribution in [0, 0.1) is 0 Å². The molecule has 8 nitrogen and oxygen atoms in total. The van der Waals surface area contributed by atoms with Gasteiger partial charge in [0.1, 0.15) is 6.61 Å². The lowest BCUT2D eigenvalue weighted by Crippen LogP contribution is -2.50. The SMILES string of the molecule is CC/C=C/C/C=C/C/C=C/C/C=C/C/C=C/C/C=C/CCCC(=O)OC(COCCC(C(=O)O)[N+](C)(C)C)COC(=O)CCCC/C=C/C/C=C/C/C=C/CC. The van der Waals surface area contributed by atoms with Crippen molar-refractivity contribution in [3.8, 4) is 0 Å². The molecule has 0 aliphatic carbocycles. The number of esters is 2. The highest BCUT2D eigenvalue weighted by Gasteiger charge is 2.31. The van der Waals surface area contributed by atoms with Gasteiger partial charge in [0, 0.05) is 19.3 Å². The summed E-state index contributed by atoms with van der Waals surface area (Å²) in [5.74, 6) is -1.62. The molecule has 0 aromatic heterocycles. The van der Waals surface area contributed by atoms with Gasteiger partial charge < -0.3 is 23.8 Å². The van der Waals surface area contributed by atoms with Gasteiger partial charge in [-0.3, -0.25) is 9.59 Å². The van der Waals surface area contributed by atoms with Crippen molar-refractivity contribution in [2.45, 2.75) is 135 Å². The smallest absolute Gasteiger partial charge is 0.362 e. The van der Waals surface area contributed by atoms with Gasteiger partial charge >= 0.3 is 17.9 Å². The number of ether oxygens (including phenoxy) is 3. The lowest BCUT2D eigenvalue weighted by molar-refractivity contribution is -0.887. The predicted octanol–water partition coefficient (Wildman–Crippen LogP) is 11.3. The molecule has 56 heavy (non-hydrogen) atoms. The molecular formula is C48H76NO7+. The minimum atomic E-state index is -0.896. The Morgan fingerprint density at radius 1 is 0.536 bits per heavy atom. The van der Waals surface area contributed by atoms with Crippen LogP contribution in [0.4, 0.5) is 0 Å². The summed E-state index contributed by atoms with van der Waals surface area (Å²) in [7, 11) is 5.47. The Morgan fingerprint density at radius 3 is 1.38 bits per heavy atom. The molecule has 0 spiro atoms. The molecule has 8 heteroatoms. The van der Waals surface area contributed by atoms with Gasteiger partial charge in [0.2, 0.25) is 0 Å². The van der Waals surface area contributed by atoms with Gasteiger partial charge in [-0.25, -0.2) is 4.79 Å². The van der Waals surface area contributed by atoms with E-state index in [4.69, 9.17) is 14.2 Å². The number of carboxylic acid groups (broad SMARTS) is 1. The molecule has 0 fully saturated rings. The third-order valence-corrected chi connectivity index (χ3v) is 8.42. The van der Waals surface area contributed by atoms with Gasteiger partial charge in [-0.05, 0) is 89.9 Å². The summed E-state index contributed by atoms with van der Waals surface area (Å²) in [6, 6.07) is -0.637. The zero-order valence-corrected chi connectivity index (χ0v) is 35.5. The Hall–Kier alpha value is -4.01. The molecule has 0 radical (unpaired) electrons. The summed E-state index contributed by atoms with van der Waals surface area (Å²) >= 11 is 0. The molecule has 0 saturated heterocycles. The molecular weight excluding hydrogens is 703 g/mol. The van der Waals surface area contributed by atoms with Crippen molar-refractivity contribution in [1.29, 1.82) is 0 Å². The van der Waals surface area contributed by atoms with E-state index in [0.717, 1.165) is 77.0 Å². The third kappa shape index (κ3) is 35.7. The second-order valence-electron chi connectivity index (χ2n) is 14.5. The van der Waals surface area contributed by atoms with Crippen LogP contribution in [0.25, 0.3) is 0 Å². The molecule has 0 rings (SSSR count). The second kappa shape index (κ2) is 37.9. The fourth-order valence-electron chi connectivity index (χ4n) is 5.23. The van der Waals surface area contributed by atoms with Gasteiger partial charge in [0.05, 0.1) is 34.4 Å². The number of hydrogen-bond acceptors (Lipinski definition) is 6. The summed E-state index contributed by atoms with van der Waals surface area (Å²) in [6.07, 6.45) is 51.5. The van der Waals surface area contributed by atoms with Gasteiger partial charge in [0.25, 0.3) is 0 Å². The average molecular weight is 779 g/mol. The number of carbonyl (C=O) groups is 3. The standard InChI is InChI=1S/C48H75NO7/c1-6-8-10-12-14-16-18-20-21-22-23-24-25-26-27-29-31-33-35-37-39-47(51)56-44(42-54-41-40-45(48(52)53)49(3,4)5)43-55-46(50)38-36-34-32-30-28-19-17-15-13-11-9-7-2/h8-11,14-17,20-21,23-24,26-28,30-31,33,44-45H,6-7,12-13,18-19,22,25,29,32,34-43H2,1-5H3/p+1/b10-8+,11-9+,16-14+,17-15+,21-20+,24-23+,27-26+,30-28+,33-31+. The highest BCUT2D eigenvalue weighted by Crippen LogP contribution is 2.11. The fraction of sp³-hybridized carbons (Fsp3) is 0.562. The van der Waals surface area contributed by atoms with Crippen molar-refractivity contribution in [2.75, 3.05) is 41.0 Å². The number of unbranched alkanes of at least 4 members (excludes halogenated alkanes) is 3. The van der Waals surface area contributed by atoms with Crippen molar-refractivity contribution in [3.05, 3.63) is 109 Å². The summed E-state index contributed by atoms with van der Waals surface area (Å²) in [5.41, 5.74) is 0. The van der Waals surface area contributed by atoms with E-state index < -0.39 is 18.1 Å². The van der Waals surface area contributed by atoms with Crippen LogP contribution in [0.15, 0.2) is 109 Å². The number of likely N-dealkylation sites (N-methyl/N-ethyl adjacent to an activating group) is 1. The van der Waals surface area contributed by atoms with E-state index in [1.807, 2.05) is 21.1 Å². The molecule has 1 N–H and O–H groups in total. The van der Waals surface area contributed by atoms with E-state index in [2.05, 4.69) is 123 Å². The van der Waals surface area contributed by atoms with Gasteiger partial charge in [-0.2, -0.15) is 0 Å². The maximum atomic E-state index is 12.7. The normalized spacial score (nSPS) is 14.1. The maximum absolute atomic E-state index is 12.7. The van der Waals surface area contributed by atoms with Crippen LogP contribution in [0.1, 0.15) is 123 Å². The minimum absolute atomic E-state index is 0.0176. The van der Waals surface area contributed by atoms with Crippen molar-refractivity contribution >= 4 is 17.9 Å². The Morgan fingerprint density at radius 2 is 0.946 bits per heavy atom. The zero-order chi connectivity index (χ0) is 41.4. The third-order valence-electron chi connectivity index (χ3n) is 8.42. The van der Waals surface area contributed by atoms with Crippen LogP contribution in [0.2, 0.25) is 0 Å². The average Bonchev–Trinajstić information content (AvgIpc) is 3.15. The first-order valence-electron chi connectivity index (χ1n) is 20.9. The van der Waals surface area contributed by atoms with E-state index in [1.165, 1.54) is 0 Å². The highest BCUT2D eigenvalue weighted by molar-refractivity contribution is 5.72. The first-order valence-corrected chi connectivity index (χ1v) is 20.9. The molecule has 2 atom stereocenters. The molecule has 314 valence electrons. The molecule has 0 amide bonds. The largest absolute Gasteiger partial charge is 0.477 e. The Balaban J connectivity index is 4.55. The van der Waals surface area contributed by atoms with E-state index in [1.54, 1.807) is 0 Å². The maximum Gasteiger partial charge on any atom is 0.362 e. The van der Waals surface area contributed by atoms with Crippen molar-refractivity contribution in [3.63, 3.8) is 0 Å². The molecule has 0 bridgehead atoms. The molecule has 0 aliphatic rings. The Labute approximate surface area is 340 Å². The molecule has 0 aliphatic heterocycles. The van der Waals surface area contributed by atoms with Crippen molar-refractivity contribution in [2.24, 2.45) is 0 Å². The molecule has 0 aromatic rings. The minimum Gasteiger partial charge on any atom is -0.477 e. The van der Waals surface area contributed by atoms with Gasteiger partial charge in [-0.15, -0.1) is 0 Å². The lowest BCUT2D eigenvalue weighted by atomic mass is 10.1. The first-order chi connectivity index (χ1) is 27.1. The number of carboxylic acids is 1. The zero-order valence-electron chi connectivity index (χ0n) is 35.5. The topological polar surface area (TPSA) is 99.1 Å². The van der Waals surface area contributed by atoms with Crippen LogP contribution < -0.4 is 0 Å². The number of rotatable bonds is 35. The number of aliphatic carboxylic acids is 1. The van der Waals surface area contributed by atoms with Gasteiger partial charge in [0.15, 0.2) is 12.1 Å². The molecule has 0 aromatic carbocycles. The molecule has 2 unspecified atom stereocenters. The van der Waals surface area contributed by atoms with Gasteiger partial charge in [-0.1, -0.05) is 123 Å². The second-order valence-corrected chi connectivity index (χ2v) is 14.5. The van der Waals surface area contributed by atoms with Crippen LogP contribution in [0.3, 0.4) is 0 Å². The fourth-order valence-corrected chi connectivity index (χ4v) is 5.23.